The van der Waals surface area contributed by atoms with Crippen LogP contribution in [0.4, 0.5) is 10.1 Å². The lowest BCUT2D eigenvalue weighted by molar-refractivity contribution is 0.0935. The highest BCUT2D eigenvalue weighted by Crippen LogP contribution is 2.16. The van der Waals surface area contributed by atoms with Crippen molar-refractivity contribution in [2.45, 2.75) is 13.0 Å². The number of hydrogen-bond acceptors (Lipinski definition) is 2. The van der Waals surface area contributed by atoms with E-state index in [4.69, 9.17) is 5.73 Å². The largest absolute Gasteiger partial charge is 0.397 e. The van der Waals surface area contributed by atoms with E-state index in [1.165, 1.54) is 18.3 Å². The van der Waals surface area contributed by atoms with Crippen molar-refractivity contribution >= 4 is 11.6 Å². The maximum Gasteiger partial charge on any atom is 0.268 e. The first-order valence-electron chi connectivity index (χ1n) is 5.57. The summed E-state index contributed by atoms with van der Waals surface area (Å²) in [5, 5.41) is 2.70. The van der Waals surface area contributed by atoms with Gasteiger partial charge in [-0.15, -0.1) is 0 Å². The van der Waals surface area contributed by atoms with Crippen molar-refractivity contribution in [2.75, 3.05) is 5.73 Å². The van der Waals surface area contributed by atoms with Crippen LogP contribution >= 0.6 is 0 Å². The molecule has 0 aliphatic carbocycles. The second-order valence-corrected chi connectivity index (χ2v) is 4.06. The van der Waals surface area contributed by atoms with E-state index in [-0.39, 0.29) is 11.7 Å². The van der Waals surface area contributed by atoms with Crippen LogP contribution in [-0.4, -0.2) is 10.9 Å². The summed E-state index contributed by atoms with van der Waals surface area (Å²) >= 11 is 0. The number of aromatic amines is 1. The Morgan fingerprint density at radius 2 is 2.17 bits per heavy atom. The molecule has 1 aromatic heterocycles. The van der Waals surface area contributed by atoms with Gasteiger partial charge in [-0.05, 0) is 19.1 Å². The van der Waals surface area contributed by atoms with Gasteiger partial charge in [0, 0.05) is 17.4 Å². The van der Waals surface area contributed by atoms with E-state index in [9.17, 15) is 9.18 Å². The van der Waals surface area contributed by atoms with Crippen molar-refractivity contribution in [2.24, 2.45) is 0 Å². The molecular formula is C13H14FN3O. The fraction of sp³-hybridized carbons (Fsp3) is 0.154. The van der Waals surface area contributed by atoms with Crippen molar-refractivity contribution in [3.8, 4) is 0 Å². The van der Waals surface area contributed by atoms with Gasteiger partial charge in [0.2, 0.25) is 0 Å². The summed E-state index contributed by atoms with van der Waals surface area (Å²) in [6.45, 7) is 1.72. The van der Waals surface area contributed by atoms with Gasteiger partial charge in [0.25, 0.3) is 5.91 Å². The first-order chi connectivity index (χ1) is 8.58. The van der Waals surface area contributed by atoms with Crippen molar-refractivity contribution < 1.29 is 9.18 Å². The predicted molar refractivity (Wildman–Crippen MR) is 67.5 cm³/mol. The van der Waals surface area contributed by atoms with E-state index in [1.54, 1.807) is 25.1 Å². The Morgan fingerprint density at radius 3 is 2.78 bits per heavy atom. The summed E-state index contributed by atoms with van der Waals surface area (Å²) in [5.41, 5.74) is 6.80. The summed E-state index contributed by atoms with van der Waals surface area (Å²) in [6.07, 6.45) is 1.53. The molecule has 1 amide bonds. The molecule has 0 spiro atoms. The Labute approximate surface area is 104 Å². The fourth-order valence-electron chi connectivity index (χ4n) is 1.72. The number of aromatic nitrogens is 1. The van der Waals surface area contributed by atoms with Crippen molar-refractivity contribution in [3.05, 3.63) is 53.6 Å². The molecule has 0 saturated carbocycles. The van der Waals surface area contributed by atoms with Crippen LogP contribution in [-0.2, 0) is 0 Å². The van der Waals surface area contributed by atoms with Crippen molar-refractivity contribution in [1.82, 2.24) is 10.3 Å². The molecule has 2 rings (SSSR count). The Bertz CT molecular complexity index is 565. The SMILES string of the molecule is CC(NC(=O)c1cc(N)c[nH]1)c1ccccc1F. The smallest absolute Gasteiger partial charge is 0.268 e. The monoisotopic (exact) mass is 247 g/mol. The number of halogens is 1. The van der Waals surface area contributed by atoms with Crippen molar-refractivity contribution in [1.29, 1.82) is 0 Å². The lowest BCUT2D eigenvalue weighted by Gasteiger charge is -2.14. The zero-order chi connectivity index (χ0) is 13.1. The van der Waals surface area contributed by atoms with Crippen LogP contribution in [0.1, 0.15) is 29.0 Å². The maximum absolute atomic E-state index is 13.5. The van der Waals surface area contributed by atoms with Gasteiger partial charge >= 0.3 is 0 Å². The highest BCUT2D eigenvalue weighted by atomic mass is 19.1. The number of nitrogen functional groups attached to an aromatic ring is 1. The summed E-state index contributed by atoms with van der Waals surface area (Å²) in [4.78, 5) is 14.6. The summed E-state index contributed by atoms with van der Waals surface area (Å²) < 4.78 is 13.5. The number of hydrogen-bond donors (Lipinski definition) is 3. The van der Waals surface area contributed by atoms with Gasteiger partial charge in [-0.3, -0.25) is 4.79 Å². The summed E-state index contributed by atoms with van der Waals surface area (Å²) in [5.74, 6) is -0.654. The third kappa shape index (κ3) is 2.51. The van der Waals surface area contributed by atoms with Crippen molar-refractivity contribution in [3.63, 3.8) is 0 Å². The van der Waals surface area contributed by atoms with E-state index in [2.05, 4.69) is 10.3 Å². The molecule has 0 fully saturated rings. The van der Waals surface area contributed by atoms with Crippen LogP contribution in [0.3, 0.4) is 0 Å². The highest BCUT2D eigenvalue weighted by molar-refractivity contribution is 5.93. The van der Waals surface area contributed by atoms with Gasteiger partial charge in [0.1, 0.15) is 11.5 Å². The van der Waals surface area contributed by atoms with Gasteiger partial charge in [-0.2, -0.15) is 0 Å². The van der Waals surface area contributed by atoms with E-state index >= 15 is 0 Å². The van der Waals surface area contributed by atoms with Gasteiger partial charge in [0.05, 0.1) is 6.04 Å². The van der Waals surface area contributed by atoms with Crippen LogP contribution in [0.5, 0.6) is 0 Å². The summed E-state index contributed by atoms with van der Waals surface area (Å²) in [7, 11) is 0. The standard InChI is InChI=1S/C13H14FN3O/c1-8(10-4-2-3-5-11(10)14)17-13(18)12-6-9(15)7-16-12/h2-8,16H,15H2,1H3,(H,17,18). The van der Waals surface area contributed by atoms with E-state index in [0.29, 0.717) is 16.9 Å². The van der Waals surface area contributed by atoms with Gasteiger partial charge in [-0.1, -0.05) is 18.2 Å². The third-order valence-electron chi connectivity index (χ3n) is 2.67. The number of nitrogens with two attached hydrogens (primary N) is 1. The Balaban J connectivity index is 2.10. The average Bonchev–Trinajstić information content (AvgIpc) is 2.76. The van der Waals surface area contributed by atoms with Gasteiger partial charge in [0.15, 0.2) is 0 Å². The minimum absolute atomic E-state index is 0.317. The molecule has 0 saturated heterocycles. The molecular weight excluding hydrogens is 233 g/mol. The molecule has 0 bridgehead atoms. The minimum atomic E-state index is -0.414. The second kappa shape index (κ2) is 4.91. The molecule has 0 aliphatic heterocycles. The Morgan fingerprint density at radius 1 is 1.44 bits per heavy atom. The second-order valence-electron chi connectivity index (χ2n) is 4.06. The summed E-state index contributed by atoms with van der Waals surface area (Å²) in [6, 6.07) is 7.47. The lowest BCUT2D eigenvalue weighted by Crippen LogP contribution is -2.27. The van der Waals surface area contributed by atoms with E-state index < -0.39 is 6.04 Å². The van der Waals surface area contributed by atoms with E-state index in [0.717, 1.165) is 0 Å². The first kappa shape index (κ1) is 12.2. The maximum atomic E-state index is 13.5. The highest BCUT2D eigenvalue weighted by Gasteiger charge is 2.15. The third-order valence-corrected chi connectivity index (χ3v) is 2.67. The molecule has 4 nitrogen and oxygen atoms in total. The molecule has 1 aromatic carbocycles. The molecule has 1 atom stereocenters. The normalized spacial score (nSPS) is 12.1. The number of carbonyl (C=O) groups excluding carboxylic acids is 1. The number of carbonyl (C=O) groups is 1. The molecule has 1 unspecified atom stereocenters. The number of benzene rings is 1. The minimum Gasteiger partial charge on any atom is -0.397 e. The molecule has 94 valence electrons. The predicted octanol–water partition coefficient (Wildman–Crippen LogP) is 2.23. The van der Waals surface area contributed by atoms with Crippen LogP contribution in [0.15, 0.2) is 36.5 Å². The number of amides is 1. The molecule has 4 N–H and O–H groups in total. The average molecular weight is 247 g/mol. The number of H-pyrrole nitrogens is 1. The van der Waals surface area contributed by atoms with Crippen LogP contribution in [0, 0.1) is 5.82 Å². The zero-order valence-electron chi connectivity index (χ0n) is 9.91. The molecule has 2 aromatic rings. The molecule has 0 aliphatic rings. The van der Waals surface area contributed by atoms with E-state index in [1.807, 2.05) is 0 Å². The number of nitrogens with one attached hydrogen (secondary N) is 2. The number of anilines is 1. The Hall–Kier alpha value is -2.30. The fourth-order valence-corrected chi connectivity index (χ4v) is 1.72. The van der Waals surface area contributed by atoms with Gasteiger partial charge in [-0.25, -0.2) is 4.39 Å². The Kier molecular flexibility index (Phi) is 3.32. The van der Waals surface area contributed by atoms with Crippen LogP contribution in [0.2, 0.25) is 0 Å². The topological polar surface area (TPSA) is 70.9 Å². The molecule has 1 heterocycles. The van der Waals surface area contributed by atoms with Crippen LogP contribution in [0.25, 0.3) is 0 Å². The quantitative estimate of drug-likeness (QED) is 0.778. The molecule has 0 radical (unpaired) electrons. The first-order valence-corrected chi connectivity index (χ1v) is 5.57. The molecule has 5 heteroatoms. The zero-order valence-corrected chi connectivity index (χ0v) is 9.91. The lowest BCUT2D eigenvalue weighted by atomic mass is 10.1. The van der Waals surface area contributed by atoms with Gasteiger partial charge < -0.3 is 16.0 Å². The molecule has 18 heavy (non-hydrogen) atoms. The van der Waals surface area contributed by atoms with Crippen LogP contribution < -0.4 is 11.1 Å². The number of rotatable bonds is 3.